The van der Waals surface area contributed by atoms with Crippen molar-refractivity contribution in [2.24, 2.45) is 0 Å². The molecule has 0 spiro atoms. The van der Waals surface area contributed by atoms with E-state index in [1.165, 1.54) is 119 Å². The summed E-state index contributed by atoms with van der Waals surface area (Å²) in [5.41, 5.74) is 13.4. The van der Waals surface area contributed by atoms with Gasteiger partial charge in [-0.15, -0.1) is 0 Å². The summed E-state index contributed by atoms with van der Waals surface area (Å²) in [6.45, 7) is 0. The predicted molar refractivity (Wildman–Crippen MR) is 339 cm³/mol. The summed E-state index contributed by atoms with van der Waals surface area (Å²) in [7, 11) is 0. The van der Waals surface area contributed by atoms with Crippen molar-refractivity contribution in [3.8, 4) is 33.6 Å². The molecule has 80 heavy (non-hydrogen) atoms. The highest BCUT2D eigenvalue weighted by molar-refractivity contribution is 6.43. The van der Waals surface area contributed by atoms with E-state index in [0.29, 0.717) is 0 Å². The molecule has 368 valence electrons. The normalized spacial score (nSPS) is 12.2. The van der Waals surface area contributed by atoms with Crippen LogP contribution in [0.15, 0.2) is 267 Å². The Labute approximate surface area is 458 Å². The molecule has 4 heterocycles. The molecule has 0 radical (unpaired) electrons. The smallest absolute Gasteiger partial charge is 0.0969 e. The Hall–Kier alpha value is -10.7. The fourth-order valence-corrected chi connectivity index (χ4v) is 13.8. The Balaban J connectivity index is 0.882. The van der Waals surface area contributed by atoms with Crippen LogP contribution in [0.5, 0.6) is 0 Å². The van der Waals surface area contributed by atoms with Crippen LogP contribution in [0.2, 0.25) is 0 Å². The van der Waals surface area contributed by atoms with Gasteiger partial charge in [0.25, 0.3) is 0 Å². The number of nitrogens with zero attached hydrogens (tertiary/aromatic N) is 4. The van der Waals surface area contributed by atoms with Crippen molar-refractivity contribution in [1.29, 1.82) is 0 Å². The molecule has 18 aromatic rings. The van der Waals surface area contributed by atoms with Gasteiger partial charge in [0.1, 0.15) is 0 Å². The van der Waals surface area contributed by atoms with Crippen molar-refractivity contribution in [2.45, 2.75) is 0 Å². The van der Waals surface area contributed by atoms with E-state index in [2.05, 4.69) is 264 Å². The maximum atomic E-state index is 5.25. The number of pyridine rings is 2. The summed E-state index contributed by atoms with van der Waals surface area (Å²) in [6.07, 6.45) is 3.89. The van der Waals surface area contributed by atoms with Gasteiger partial charge in [0.05, 0.1) is 33.1 Å². The fourth-order valence-electron chi connectivity index (χ4n) is 13.8. The van der Waals surface area contributed by atoms with Gasteiger partial charge in [0.2, 0.25) is 0 Å². The molecule has 14 aromatic carbocycles. The van der Waals surface area contributed by atoms with Crippen LogP contribution in [0.25, 0.3) is 174 Å². The summed E-state index contributed by atoms with van der Waals surface area (Å²) < 4.78 is 4.99. The predicted octanol–water partition coefficient (Wildman–Crippen LogP) is 20.4. The van der Waals surface area contributed by atoms with E-state index >= 15 is 0 Å². The van der Waals surface area contributed by atoms with Crippen molar-refractivity contribution in [1.82, 2.24) is 19.1 Å². The number of benzene rings is 14. The highest BCUT2D eigenvalue weighted by Gasteiger charge is 2.27. The topological polar surface area (TPSA) is 35.6 Å². The van der Waals surface area contributed by atoms with Crippen LogP contribution in [0.4, 0.5) is 0 Å². The van der Waals surface area contributed by atoms with Gasteiger partial charge in [-0.1, -0.05) is 182 Å². The lowest BCUT2D eigenvalue weighted by Gasteiger charge is -2.18. The molecule has 0 saturated heterocycles. The summed E-state index contributed by atoms with van der Waals surface area (Å²) in [4.78, 5) is 10.5. The maximum Gasteiger partial charge on any atom is 0.0969 e. The Morgan fingerprint density at radius 3 is 0.975 bits per heavy atom. The third-order valence-electron chi connectivity index (χ3n) is 17.4. The van der Waals surface area contributed by atoms with Gasteiger partial charge in [-0.05, 0) is 181 Å². The molecular weight excluding hydrogens is 969 g/mol. The minimum atomic E-state index is 0.984. The SMILES string of the molecule is c1ccc2cc(-c3ccc4c(ccc5cc(-n6c7cccnc7c7c8ccccc8c8c(c9ccccc9c9c%10ncccc%10n(-c%10ccc%11c(ccc%12cc(-c%13ccc%14ccccc%14c%13)ccc%12%11)c%10)c98)c76)ccc54)c3)ccc2c1. The van der Waals surface area contributed by atoms with Gasteiger partial charge < -0.3 is 9.13 Å². The van der Waals surface area contributed by atoms with E-state index in [0.717, 1.165) is 55.2 Å². The van der Waals surface area contributed by atoms with Crippen LogP contribution in [0.1, 0.15) is 0 Å². The first kappa shape index (κ1) is 43.4. The third kappa shape index (κ3) is 6.16. The molecule has 0 aliphatic carbocycles. The Morgan fingerprint density at radius 1 is 0.225 bits per heavy atom. The molecule has 0 unspecified atom stereocenters. The van der Waals surface area contributed by atoms with Crippen molar-refractivity contribution in [3.63, 3.8) is 0 Å². The molecule has 18 rings (SSSR count). The monoisotopic (exact) mass is 1010 g/mol. The molecule has 0 aliphatic rings. The van der Waals surface area contributed by atoms with Gasteiger partial charge in [-0.3, -0.25) is 9.97 Å². The number of fused-ring (bicyclic) bond motifs is 23. The molecule has 0 bridgehead atoms. The van der Waals surface area contributed by atoms with Gasteiger partial charge in [0.15, 0.2) is 0 Å². The number of hydrogen-bond acceptors (Lipinski definition) is 2. The van der Waals surface area contributed by atoms with Crippen molar-refractivity contribution in [3.05, 3.63) is 267 Å². The average molecular weight is 1010 g/mol. The molecule has 0 atom stereocenters. The van der Waals surface area contributed by atoms with Gasteiger partial charge >= 0.3 is 0 Å². The Kier molecular flexibility index (Phi) is 8.91. The van der Waals surface area contributed by atoms with E-state index in [9.17, 15) is 0 Å². The number of rotatable bonds is 4. The zero-order valence-corrected chi connectivity index (χ0v) is 43.2. The van der Waals surface area contributed by atoms with E-state index in [-0.39, 0.29) is 0 Å². The van der Waals surface area contributed by atoms with Crippen molar-refractivity contribution in [2.75, 3.05) is 0 Å². The third-order valence-corrected chi connectivity index (χ3v) is 17.4. The molecular formula is C76H44N4. The minimum absolute atomic E-state index is 0.984. The lowest BCUT2D eigenvalue weighted by atomic mass is 9.91. The molecule has 0 aliphatic heterocycles. The molecule has 0 fully saturated rings. The van der Waals surface area contributed by atoms with Crippen LogP contribution in [0.3, 0.4) is 0 Å². The first-order valence-corrected chi connectivity index (χ1v) is 27.5. The minimum Gasteiger partial charge on any atom is -0.307 e. The van der Waals surface area contributed by atoms with Crippen LogP contribution in [0, 0.1) is 0 Å². The Morgan fingerprint density at radius 2 is 0.550 bits per heavy atom. The zero-order chi connectivity index (χ0) is 52.2. The lowest BCUT2D eigenvalue weighted by Crippen LogP contribution is -1.98. The second-order valence-corrected chi connectivity index (χ2v) is 21.6. The lowest BCUT2D eigenvalue weighted by molar-refractivity contribution is 1.18. The molecule has 0 saturated carbocycles. The largest absolute Gasteiger partial charge is 0.307 e. The van der Waals surface area contributed by atoms with Crippen LogP contribution in [-0.2, 0) is 0 Å². The average Bonchev–Trinajstić information content (AvgIpc) is 4.24. The second-order valence-electron chi connectivity index (χ2n) is 21.6. The van der Waals surface area contributed by atoms with Gasteiger partial charge in [0, 0.05) is 45.3 Å². The second kappa shape index (κ2) is 16.4. The highest BCUT2D eigenvalue weighted by atomic mass is 15.0. The number of aromatic nitrogens is 4. The van der Waals surface area contributed by atoms with E-state index in [1.807, 2.05) is 12.4 Å². The maximum absolute atomic E-state index is 5.25. The zero-order valence-electron chi connectivity index (χ0n) is 43.2. The van der Waals surface area contributed by atoms with Crippen LogP contribution in [-0.4, -0.2) is 19.1 Å². The molecule has 4 nitrogen and oxygen atoms in total. The van der Waals surface area contributed by atoms with E-state index < -0.39 is 0 Å². The van der Waals surface area contributed by atoms with Gasteiger partial charge in [-0.2, -0.15) is 0 Å². The summed E-state index contributed by atoms with van der Waals surface area (Å²) in [5.74, 6) is 0. The Bertz CT molecular complexity index is 5390. The van der Waals surface area contributed by atoms with E-state index in [1.54, 1.807) is 0 Å². The van der Waals surface area contributed by atoms with Crippen LogP contribution >= 0.6 is 0 Å². The highest BCUT2D eigenvalue weighted by Crippen LogP contribution is 2.50. The van der Waals surface area contributed by atoms with Crippen molar-refractivity contribution >= 4 is 141 Å². The first-order valence-electron chi connectivity index (χ1n) is 27.5. The first-order chi connectivity index (χ1) is 39.7. The summed E-state index contributed by atoms with van der Waals surface area (Å²) in [6, 6.07) is 94.4. The quantitative estimate of drug-likeness (QED) is 0.165. The molecule has 4 heteroatoms. The number of hydrogen-bond donors (Lipinski definition) is 0. The standard InChI is InChI=1S/C76H44N4/c1-3-13-47-39-49(23-21-45(47)11-1)51-29-33-59-53(41-51)25-27-55-43-57(31-35-61(55)59)79-67-19-9-37-77-73(67)71-65-17-7-6-16-64(65)70-69(75(71)79)63-15-5-8-18-66(63)72-74-68(20-10-38-78-74)80(76(70)72)58-32-36-62-56(44-58)28-26-54-42-52(30-34-60(54)62)50-24-22-46-12-2-4-14-48(46)40-50/h1-44H. The van der Waals surface area contributed by atoms with E-state index in [4.69, 9.17) is 9.97 Å². The molecule has 0 amide bonds. The van der Waals surface area contributed by atoms with Gasteiger partial charge in [-0.25, -0.2) is 0 Å². The fraction of sp³-hybridized carbons (Fsp3) is 0. The summed E-state index contributed by atoms with van der Waals surface area (Å²) >= 11 is 0. The molecule has 0 N–H and O–H groups in total. The van der Waals surface area contributed by atoms with Crippen LogP contribution < -0.4 is 0 Å². The summed E-state index contributed by atoms with van der Waals surface area (Å²) in [5, 5.41) is 24.1. The van der Waals surface area contributed by atoms with Crippen molar-refractivity contribution < 1.29 is 0 Å². The molecule has 4 aromatic heterocycles.